The highest BCUT2D eigenvalue weighted by Crippen LogP contribution is 2.42. The van der Waals surface area contributed by atoms with Crippen molar-refractivity contribution in [2.75, 3.05) is 0 Å². The second-order valence-electron chi connectivity index (χ2n) is 4.64. The number of para-hydroxylation sites is 1. The fourth-order valence-electron chi connectivity index (χ4n) is 2.83. The van der Waals surface area contributed by atoms with Gasteiger partial charge in [-0.05, 0) is 24.5 Å². The molecule has 1 fully saturated rings. The van der Waals surface area contributed by atoms with Gasteiger partial charge in [0.15, 0.2) is 0 Å². The lowest BCUT2D eigenvalue weighted by molar-refractivity contribution is 0.188. The first-order chi connectivity index (χ1) is 8.24. The van der Waals surface area contributed by atoms with Crippen LogP contribution in [0.15, 0.2) is 29.3 Å². The average Bonchev–Trinajstić information content (AvgIpc) is 2.65. The van der Waals surface area contributed by atoms with Crippen LogP contribution in [0.25, 0.3) is 0 Å². The second-order valence-corrected chi connectivity index (χ2v) is 4.64. The molecule has 0 spiro atoms. The fraction of sp³-hybridized carbons (Fsp3) is 0.385. The van der Waals surface area contributed by atoms with E-state index in [1.165, 1.54) is 5.56 Å². The van der Waals surface area contributed by atoms with Crippen molar-refractivity contribution in [2.45, 2.75) is 31.2 Å². The summed E-state index contributed by atoms with van der Waals surface area (Å²) in [5.74, 6) is 0.415. The van der Waals surface area contributed by atoms with Crippen LogP contribution in [-0.2, 0) is 0 Å². The summed E-state index contributed by atoms with van der Waals surface area (Å²) >= 11 is 0. The Kier molecular flexibility index (Phi) is 2.35. The molecule has 0 saturated heterocycles. The van der Waals surface area contributed by atoms with Crippen molar-refractivity contribution in [3.8, 4) is 0 Å². The molecule has 2 aliphatic rings. The molecule has 4 nitrogen and oxygen atoms in total. The lowest BCUT2D eigenvalue weighted by Gasteiger charge is -2.27. The number of aliphatic imine (C=N–C) groups is 1. The summed E-state index contributed by atoms with van der Waals surface area (Å²) in [5.41, 5.74) is 3.50. The van der Waals surface area contributed by atoms with E-state index < -0.39 is 6.09 Å². The van der Waals surface area contributed by atoms with Gasteiger partial charge >= 0.3 is 6.09 Å². The molecule has 88 valence electrons. The van der Waals surface area contributed by atoms with E-state index in [-0.39, 0.29) is 6.04 Å². The van der Waals surface area contributed by atoms with Crippen LogP contribution in [0.1, 0.15) is 30.7 Å². The van der Waals surface area contributed by atoms with Crippen LogP contribution >= 0.6 is 0 Å². The zero-order valence-corrected chi connectivity index (χ0v) is 9.39. The molecule has 17 heavy (non-hydrogen) atoms. The van der Waals surface area contributed by atoms with Crippen molar-refractivity contribution in [1.82, 2.24) is 5.32 Å². The van der Waals surface area contributed by atoms with Crippen LogP contribution in [0.5, 0.6) is 0 Å². The van der Waals surface area contributed by atoms with Gasteiger partial charge in [-0.2, -0.15) is 0 Å². The van der Waals surface area contributed by atoms with Gasteiger partial charge in [-0.25, -0.2) is 4.79 Å². The zero-order valence-electron chi connectivity index (χ0n) is 9.39. The van der Waals surface area contributed by atoms with Gasteiger partial charge in [0.25, 0.3) is 0 Å². The Labute approximate surface area is 99.4 Å². The Balaban J connectivity index is 1.81. The molecule has 2 N–H and O–H groups in total. The minimum atomic E-state index is -0.940. The van der Waals surface area contributed by atoms with E-state index in [9.17, 15) is 4.79 Å². The average molecular weight is 230 g/mol. The lowest BCUT2D eigenvalue weighted by atomic mass is 9.81. The van der Waals surface area contributed by atoms with E-state index in [0.717, 1.165) is 30.7 Å². The normalized spacial score (nSPS) is 25.8. The number of nitrogens with one attached hydrogen (secondary N) is 1. The third kappa shape index (κ3) is 1.79. The van der Waals surface area contributed by atoms with Crippen molar-refractivity contribution < 1.29 is 9.90 Å². The van der Waals surface area contributed by atoms with Gasteiger partial charge in [-0.15, -0.1) is 0 Å². The minimum absolute atomic E-state index is 0.0248. The molecular weight excluding hydrogens is 216 g/mol. The number of carboxylic acid groups (broad SMARTS) is 1. The Morgan fingerprint density at radius 2 is 2.18 bits per heavy atom. The summed E-state index contributed by atoms with van der Waals surface area (Å²) in [5, 5.41) is 11.3. The van der Waals surface area contributed by atoms with E-state index in [1.807, 2.05) is 18.2 Å². The number of hydrogen-bond acceptors (Lipinski definition) is 2. The van der Waals surface area contributed by atoms with E-state index in [4.69, 9.17) is 5.11 Å². The standard InChI is InChI=1S/C13H14N2O2/c16-13(17)14-8-5-6-10-9-3-1-2-4-11(9)15-12(10)7-8/h1-4,8,10,14H,5-7H2,(H,16,17). The first-order valence-electron chi connectivity index (χ1n) is 5.90. The van der Waals surface area contributed by atoms with Gasteiger partial charge in [0.1, 0.15) is 0 Å². The molecule has 1 aliphatic carbocycles. The summed E-state index contributed by atoms with van der Waals surface area (Å²) < 4.78 is 0. The first kappa shape index (κ1) is 10.3. The first-order valence-corrected chi connectivity index (χ1v) is 5.90. The quantitative estimate of drug-likeness (QED) is 0.779. The van der Waals surface area contributed by atoms with Crippen LogP contribution in [0.2, 0.25) is 0 Å². The molecule has 1 saturated carbocycles. The largest absolute Gasteiger partial charge is 0.465 e. The summed E-state index contributed by atoms with van der Waals surface area (Å²) in [6.45, 7) is 0. The Morgan fingerprint density at radius 3 is 3.00 bits per heavy atom. The van der Waals surface area contributed by atoms with Crippen LogP contribution in [-0.4, -0.2) is 23.0 Å². The number of hydrogen-bond donors (Lipinski definition) is 2. The maximum absolute atomic E-state index is 10.6. The van der Waals surface area contributed by atoms with E-state index in [1.54, 1.807) is 0 Å². The molecule has 2 atom stereocenters. The molecule has 1 amide bonds. The molecule has 0 radical (unpaired) electrons. The molecule has 4 heteroatoms. The monoisotopic (exact) mass is 230 g/mol. The summed E-state index contributed by atoms with van der Waals surface area (Å²) in [4.78, 5) is 15.2. The Bertz CT molecular complexity index is 496. The second kappa shape index (κ2) is 3.87. The van der Waals surface area contributed by atoms with Crippen LogP contribution < -0.4 is 5.32 Å². The number of fused-ring (bicyclic) bond motifs is 3. The van der Waals surface area contributed by atoms with Crippen LogP contribution in [0.3, 0.4) is 0 Å². The van der Waals surface area contributed by atoms with Gasteiger partial charge in [0.05, 0.1) is 5.69 Å². The highest BCUT2D eigenvalue weighted by atomic mass is 16.4. The maximum atomic E-state index is 10.6. The zero-order chi connectivity index (χ0) is 11.8. The summed E-state index contributed by atoms with van der Waals surface area (Å²) in [7, 11) is 0. The minimum Gasteiger partial charge on any atom is -0.465 e. The number of benzene rings is 1. The number of carbonyl (C=O) groups is 1. The third-order valence-corrected chi connectivity index (χ3v) is 3.57. The molecule has 2 unspecified atom stereocenters. The van der Waals surface area contributed by atoms with Gasteiger partial charge in [-0.1, -0.05) is 18.2 Å². The molecule has 1 aliphatic heterocycles. The topological polar surface area (TPSA) is 61.7 Å². The van der Waals surface area contributed by atoms with E-state index >= 15 is 0 Å². The number of amides is 1. The van der Waals surface area contributed by atoms with Gasteiger partial charge in [-0.3, -0.25) is 4.99 Å². The number of rotatable bonds is 1. The summed E-state index contributed by atoms with van der Waals surface area (Å²) in [6.07, 6.45) is 1.68. The SMILES string of the molecule is O=C(O)NC1CCC2C(=Nc3ccccc32)C1. The Hall–Kier alpha value is -1.84. The van der Waals surface area contributed by atoms with Crippen molar-refractivity contribution in [2.24, 2.45) is 4.99 Å². The maximum Gasteiger partial charge on any atom is 0.404 e. The predicted molar refractivity (Wildman–Crippen MR) is 65.1 cm³/mol. The van der Waals surface area contributed by atoms with Gasteiger partial charge in [0, 0.05) is 24.1 Å². The molecule has 3 rings (SSSR count). The fourth-order valence-corrected chi connectivity index (χ4v) is 2.83. The van der Waals surface area contributed by atoms with Crippen LogP contribution in [0.4, 0.5) is 10.5 Å². The van der Waals surface area contributed by atoms with E-state index in [2.05, 4.69) is 16.4 Å². The Morgan fingerprint density at radius 1 is 1.35 bits per heavy atom. The highest BCUT2D eigenvalue weighted by Gasteiger charge is 2.33. The molecule has 0 aromatic heterocycles. The van der Waals surface area contributed by atoms with Gasteiger partial charge in [0.2, 0.25) is 0 Å². The highest BCUT2D eigenvalue weighted by molar-refractivity contribution is 5.99. The molecule has 0 bridgehead atoms. The molecule has 1 aromatic rings. The van der Waals surface area contributed by atoms with Crippen LogP contribution in [0, 0.1) is 0 Å². The molecule has 1 aromatic carbocycles. The van der Waals surface area contributed by atoms with Crippen molar-refractivity contribution in [3.05, 3.63) is 29.8 Å². The molecular formula is C13H14N2O2. The number of nitrogens with zero attached hydrogens (tertiary/aromatic N) is 1. The predicted octanol–water partition coefficient (Wildman–Crippen LogP) is 2.68. The lowest BCUT2D eigenvalue weighted by Crippen LogP contribution is -2.39. The van der Waals surface area contributed by atoms with E-state index in [0.29, 0.717) is 5.92 Å². The summed E-state index contributed by atoms with van der Waals surface area (Å²) in [6, 6.07) is 8.21. The van der Waals surface area contributed by atoms with Gasteiger partial charge < -0.3 is 10.4 Å². The van der Waals surface area contributed by atoms with Crippen molar-refractivity contribution >= 4 is 17.5 Å². The smallest absolute Gasteiger partial charge is 0.404 e. The van der Waals surface area contributed by atoms with Crippen molar-refractivity contribution in [1.29, 1.82) is 0 Å². The third-order valence-electron chi connectivity index (χ3n) is 3.57. The van der Waals surface area contributed by atoms with Crippen molar-refractivity contribution in [3.63, 3.8) is 0 Å². The molecule has 1 heterocycles.